The number of rotatable bonds is 5. The summed E-state index contributed by atoms with van der Waals surface area (Å²) in [6.45, 7) is 4.23. The zero-order chi connectivity index (χ0) is 20.4. The maximum absolute atomic E-state index is 15.0. The van der Waals surface area contributed by atoms with Gasteiger partial charge in [-0.3, -0.25) is 0 Å². The Morgan fingerprint density at radius 3 is 2.38 bits per heavy atom. The highest BCUT2D eigenvalue weighted by Gasteiger charge is 2.23. The van der Waals surface area contributed by atoms with Gasteiger partial charge in [-0.2, -0.15) is 0 Å². The van der Waals surface area contributed by atoms with Crippen LogP contribution in [0.4, 0.5) is 8.78 Å². The molecule has 0 saturated heterocycles. The summed E-state index contributed by atoms with van der Waals surface area (Å²) >= 11 is 0. The van der Waals surface area contributed by atoms with Crippen molar-refractivity contribution < 1.29 is 8.78 Å². The Hall–Kier alpha value is -1.96. The van der Waals surface area contributed by atoms with Crippen molar-refractivity contribution in [2.24, 2.45) is 5.92 Å². The normalized spacial score (nSPS) is 21.6. The van der Waals surface area contributed by atoms with E-state index in [2.05, 4.69) is 19.1 Å². The monoisotopic (exact) mass is 394 g/mol. The fraction of sp³-hybridized carbons (Fsp3) is 0.481. The van der Waals surface area contributed by atoms with Crippen LogP contribution in [0.2, 0.25) is 0 Å². The molecule has 0 amide bonds. The quantitative estimate of drug-likeness (QED) is 0.485. The van der Waals surface area contributed by atoms with Gasteiger partial charge >= 0.3 is 0 Å². The number of allylic oxidation sites excluding steroid dienone is 2. The molecule has 0 aromatic heterocycles. The number of hydrogen-bond donors (Lipinski definition) is 0. The number of fused-ring (bicyclic) bond motifs is 1. The van der Waals surface area contributed by atoms with Crippen LogP contribution in [-0.2, 0) is 19.3 Å². The highest BCUT2D eigenvalue weighted by atomic mass is 19.1. The molecule has 29 heavy (non-hydrogen) atoms. The fourth-order valence-electron chi connectivity index (χ4n) is 5.29. The standard InChI is InChI=1S/C27H32F2/c1-3-5-18-6-8-20(9-7-18)22-12-13-25(27(29)16-22)23-11-10-21-14-19(4-2)26(28)17-24(21)15-23/h11-14,16-18,20H,3-10,15H2,1-2H3. The number of halogens is 2. The van der Waals surface area contributed by atoms with Crippen molar-refractivity contribution in [3.8, 4) is 0 Å². The van der Waals surface area contributed by atoms with Crippen LogP contribution in [0.3, 0.4) is 0 Å². The molecule has 0 aliphatic heterocycles. The molecule has 0 nitrogen and oxygen atoms in total. The molecule has 0 atom stereocenters. The average molecular weight is 395 g/mol. The van der Waals surface area contributed by atoms with E-state index in [4.69, 9.17) is 0 Å². The third kappa shape index (κ3) is 4.32. The van der Waals surface area contributed by atoms with Crippen LogP contribution in [0.15, 0.2) is 36.4 Å². The summed E-state index contributed by atoms with van der Waals surface area (Å²) in [4.78, 5) is 0. The average Bonchev–Trinajstić information content (AvgIpc) is 2.73. The van der Waals surface area contributed by atoms with Crippen molar-refractivity contribution in [1.29, 1.82) is 0 Å². The van der Waals surface area contributed by atoms with Crippen molar-refractivity contribution in [2.45, 2.75) is 77.6 Å². The molecule has 2 aliphatic carbocycles. The molecule has 154 valence electrons. The highest BCUT2D eigenvalue weighted by Crippen LogP contribution is 2.39. The number of aryl methyl sites for hydroxylation is 1. The first kappa shape index (κ1) is 20.3. The molecule has 2 aromatic rings. The van der Waals surface area contributed by atoms with Gasteiger partial charge in [0.25, 0.3) is 0 Å². The third-order valence-electron chi connectivity index (χ3n) is 7.05. The van der Waals surface area contributed by atoms with Crippen molar-refractivity contribution in [2.75, 3.05) is 0 Å². The van der Waals surface area contributed by atoms with E-state index >= 15 is 4.39 Å². The second kappa shape index (κ2) is 8.81. The van der Waals surface area contributed by atoms with Crippen LogP contribution in [0, 0.1) is 17.6 Å². The molecule has 0 bridgehead atoms. The minimum absolute atomic E-state index is 0.126. The molecule has 0 unspecified atom stereocenters. The zero-order valence-corrected chi connectivity index (χ0v) is 17.7. The Bertz CT molecular complexity index is 901. The summed E-state index contributed by atoms with van der Waals surface area (Å²) < 4.78 is 29.3. The van der Waals surface area contributed by atoms with Crippen LogP contribution < -0.4 is 0 Å². The van der Waals surface area contributed by atoms with Gasteiger partial charge in [0.1, 0.15) is 11.6 Å². The Morgan fingerprint density at radius 2 is 1.69 bits per heavy atom. The van der Waals surface area contributed by atoms with Crippen LogP contribution >= 0.6 is 0 Å². The molecule has 2 heteroatoms. The van der Waals surface area contributed by atoms with E-state index in [1.807, 2.05) is 19.1 Å². The van der Waals surface area contributed by atoms with Crippen molar-refractivity contribution >= 4 is 5.57 Å². The van der Waals surface area contributed by atoms with Gasteiger partial charge in [-0.25, -0.2) is 8.78 Å². The zero-order valence-electron chi connectivity index (χ0n) is 17.7. The van der Waals surface area contributed by atoms with Gasteiger partial charge in [-0.15, -0.1) is 0 Å². The second-order valence-electron chi connectivity index (χ2n) is 8.92. The molecule has 2 aromatic carbocycles. The van der Waals surface area contributed by atoms with E-state index in [0.29, 0.717) is 24.3 Å². The van der Waals surface area contributed by atoms with Crippen LogP contribution in [-0.4, -0.2) is 0 Å². The predicted octanol–water partition coefficient (Wildman–Crippen LogP) is 7.78. The lowest BCUT2D eigenvalue weighted by atomic mass is 9.77. The van der Waals surface area contributed by atoms with Gasteiger partial charge in [0.2, 0.25) is 0 Å². The first-order valence-corrected chi connectivity index (χ1v) is 11.4. The molecule has 0 N–H and O–H groups in total. The maximum atomic E-state index is 15.0. The first-order chi connectivity index (χ1) is 14.1. The van der Waals surface area contributed by atoms with Crippen molar-refractivity contribution in [1.82, 2.24) is 0 Å². The smallest absolute Gasteiger partial charge is 0.130 e. The second-order valence-corrected chi connectivity index (χ2v) is 8.92. The molecule has 1 fully saturated rings. The predicted molar refractivity (Wildman–Crippen MR) is 117 cm³/mol. The number of hydrogen-bond acceptors (Lipinski definition) is 0. The van der Waals surface area contributed by atoms with E-state index in [-0.39, 0.29) is 11.6 Å². The molecular formula is C27H32F2. The summed E-state index contributed by atoms with van der Waals surface area (Å²) in [6.07, 6.45) is 11.7. The van der Waals surface area contributed by atoms with Gasteiger partial charge in [-0.1, -0.05) is 51.0 Å². The molecule has 0 radical (unpaired) electrons. The lowest BCUT2D eigenvalue weighted by Crippen LogP contribution is -2.13. The van der Waals surface area contributed by atoms with E-state index in [1.54, 1.807) is 12.1 Å². The molecule has 2 aliphatic rings. The molecule has 0 spiro atoms. The third-order valence-corrected chi connectivity index (χ3v) is 7.05. The van der Waals surface area contributed by atoms with Gasteiger partial charge in [0.05, 0.1) is 0 Å². The number of benzene rings is 2. The summed E-state index contributed by atoms with van der Waals surface area (Å²) in [5.74, 6) is 1.09. The lowest BCUT2D eigenvalue weighted by Gasteiger charge is -2.29. The van der Waals surface area contributed by atoms with E-state index in [9.17, 15) is 4.39 Å². The van der Waals surface area contributed by atoms with Crippen molar-refractivity contribution in [3.63, 3.8) is 0 Å². The van der Waals surface area contributed by atoms with E-state index in [0.717, 1.165) is 34.6 Å². The Morgan fingerprint density at radius 1 is 0.897 bits per heavy atom. The lowest BCUT2D eigenvalue weighted by molar-refractivity contribution is 0.308. The molecular weight excluding hydrogens is 362 g/mol. The molecule has 4 rings (SSSR count). The summed E-state index contributed by atoms with van der Waals surface area (Å²) in [6, 6.07) is 9.47. The summed E-state index contributed by atoms with van der Waals surface area (Å²) in [7, 11) is 0. The van der Waals surface area contributed by atoms with E-state index < -0.39 is 0 Å². The van der Waals surface area contributed by atoms with E-state index in [1.165, 1.54) is 44.1 Å². The van der Waals surface area contributed by atoms with Gasteiger partial charge in [0.15, 0.2) is 0 Å². The Labute approximate surface area is 174 Å². The molecule has 1 saturated carbocycles. The van der Waals surface area contributed by atoms with Crippen molar-refractivity contribution in [3.05, 3.63) is 75.9 Å². The molecule has 0 heterocycles. The SMILES string of the molecule is CCCC1CCC(c2ccc(C3=CCc4cc(CC)c(F)cc4C3)c(F)c2)CC1. The van der Waals surface area contributed by atoms with Crippen LogP contribution in [0.1, 0.15) is 86.1 Å². The van der Waals surface area contributed by atoms with Gasteiger partial charge in [0, 0.05) is 5.56 Å². The Kier molecular flexibility index (Phi) is 6.18. The minimum atomic E-state index is -0.137. The van der Waals surface area contributed by atoms with Gasteiger partial charge in [-0.05, 0) is 96.7 Å². The maximum Gasteiger partial charge on any atom is 0.130 e. The van der Waals surface area contributed by atoms with Gasteiger partial charge < -0.3 is 0 Å². The minimum Gasteiger partial charge on any atom is -0.207 e. The van der Waals surface area contributed by atoms with Crippen LogP contribution in [0.25, 0.3) is 5.57 Å². The fourth-order valence-corrected chi connectivity index (χ4v) is 5.29. The largest absolute Gasteiger partial charge is 0.207 e. The topological polar surface area (TPSA) is 0 Å². The first-order valence-electron chi connectivity index (χ1n) is 11.4. The van der Waals surface area contributed by atoms with Crippen LogP contribution in [0.5, 0.6) is 0 Å². The summed E-state index contributed by atoms with van der Waals surface area (Å²) in [5.41, 5.74) is 5.75. The highest BCUT2D eigenvalue weighted by molar-refractivity contribution is 5.71. The summed E-state index contributed by atoms with van der Waals surface area (Å²) in [5, 5.41) is 0. The Balaban J connectivity index is 1.49.